The van der Waals surface area contributed by atoms with Gasteiger partial charge < -0.3 is 29.4 Å². The number of hydrogen-bond donors (Lipinski definition) is 2. The molecule has 6 heteroatoms. The number of nitrogens with one attached hydrogen (secondary N) is 1. The van der Waals surface area contributed by atoms with E-state index >= 15 is 0 Å². The molecule has 1 aromatic heterocycles. The molecule has 0 bridgehead atoms. The van der Waals surface area contributed by atoms with Crippen LogP contribution in [0, 0.1) is 5.92 Å². The Balaban J connectivity index is 1.48. The van der Waals surface area contributed by atoms with Crippen LogP contribution in [0.2, 0.25) is 0 Å². The van der Waals surface area contributed by atoms with E-state index in [4.69, 9.17) is 9.47 Å². The molecule has 6 nitrogen and oxygen atoms in total. The third-order valence-electron chi connectivity index (χ3n) is 7.09. The molecule has 0 aliphatic carbocycles. The summed E-state index contributed by atoms with van der Waals surface area (Å²) >= 11 is 0. The molecule has 1 aromatic carbocycles. The second-order valence-electron chi connectivity index (χ2n) is 8.82. The van der Waals surface area contributed by atoms with Crippen LogP contribution in [0.3, 0.4) is 0 Å². The molecule has 3 aliphatic rings. The van der Waals surface area contributed by atoms with Gasteiger partial charge in [0.25, 0.3) is 0 Å². The SMILES string of the molecule is COc1ccc2c3c(n(C)c2c1)[C@H](CO)NCC31CN(CC2CCOCC2)C1. The van der Waals surface area contributed by atoms with E-state index < -0.39 is 0 Å². The lowest BCUT2D eigenvalue weighted by Crippen LogP contribution is -2.66. The lowest BCUT2D eigenvalue weighted by molar-refractivity contribution is 0.00670. The number of rotatable bonds is 4. The van der Waals surface area contributed by atoms with Crippen LogP contribution >= 0.6 is 0 Å². The lowest BCUT2D eigenvalue weighted by Gasteiger charge is -2.54. The summed E-state index contributed by atoms with van der Waals surface area (Å²) < 4.78 is 13.2. The molecule has 0 unspecified atom stereocenters. The highest BCUT2D eigenvalue weighted by Gasteiger charge is 2.50. The molecule has 28 heavy (non-hydrogen) atoms. The summed E-state index contributed by atoms with van der Waals surface area (Å²) in [5.41, 5.74) is 4.01. The third kappa shape index (κ3) is 2.77. The standard InChI is InChI=1S/C22H31N3O3/c1-24-19-9-16(27-2)3-4-17(19)20-21(24)18(11-26)23-12-22(20)13-25(14-22)10-15-5-7-28-8-6-15/h3-4,9,15,18,23,26H,5-8,10-14H2,1-2H3/t18-/m0/s1. The number of nitrogens with zero attached hydrogens (tertiary/aromatic N) is 2. The topological polar surface area (TPSA) is 58.9 Å². The van der Waals surface area contributed by atoms with Crippen molar-refractivity contribution in [1.29, 1.82) is 0 Å². The van der Waals surface area contributed by atoms with Gasteiger partial charge in [0.05, 0.1) is 25.3 Å². The van der Waals surface area contributed by atoms with E-state index in [2.05, 4.69) is 40.0 Å². The van der Waals surface area contributed by atoms with E-state index in [1.807, 2.05) is 0 Å². The molecule has 3 aliphatic heterocycles. The first kappa shape index (κ1) is 18.4. The van der Waals surface area contributed by atoms with E-state index in [0.29, 0.717) is 0 Å². The highest BCUT2D eigenvalue weighted by atomic mass is 16.5. The Morgan fingerprint density at radius 3 is 2.79 bits per heavy atom. The number of likely N-dealkylation sites (tertiary alicyclic amines) is 1. The van der Waals surface area contributed by atoms with Crippen molar-refractivity contribution in [1.82, 2.24) is 14.8 Å². The smallest absolute Gasteiger partial charge is 0.120 e. The van der Waals surface area contributed by atoms with E-state index in [1.165, 1.54) is 41.5 Å². The fourth-order valence-electron chi connectivity index (χ4n) is 5.69. The van der Waals surface area contributed by atoms with Crippen LogP contribution in [0.1, 0.15) is 30.1 Å². The molecule has 2 saturated heterocycles. The van der Waals surface area contributed by atoms with Crippen LogP contribution in [-0.2, 0) is 17.2 Å². The zero-order valence-corrected chi connectivity index (χ0v) is 16.9. The fourth-order valence-corrected chi connectivity index (χ4v) is 5.69. The molecular weight excluding hydrogens is 354 g/mol. The minimum Gasteiger partial charge on any atom is -0.497 e. The molecule has 1 spiro atoms. The maximum absolute atomic E-state index is 9.99. The van der Waals surface area contributed by atoms with Gasteiger partial charge in [0, 0.05) is 69.0 Å². The van der Waals surface area contributed by atoms with E-state index in [9.17, 15) is 5.11 Å². The Morgan fingerprint density at radius 1 is 1.29 bits per heavy atom. The van der Waals surface area contributed by atoms with E-state index in [0.717, 1.165) is 44.5 Å². The zero-order chi connectivity index (χ0) is 19.3. The van der Waals surface area contributed by atoms with E-state index in [1.54, 1.807) is 7.11 Å². The molecule has 0 radical (unpaired) electrons. The third-order valence-corrected chi connectivity index (χ3v) is 7.09. The predicted octanol–water partition coefficient (Wildman–Crippen LogP) is 1.80. The van der Waals surface area contributed by atoms with Crippen LogP contribution in [-0.4, -0.2) is 67.7 Å². The monoisotopic (exact) mass is 385 g/mol. The summed E-state index contributed by atoms with van der Waals surface area (Å²) in [5, 5.41) is 14.9. The van der Waals surface area contributed by atoms with Crippen molar-refractivity contribution in [3.05, 3.63) is 29.5 Å². The first-order valence-electron chi connectivity index (χ1n) is 10.5. The van der Waals surface area contributed by atoms with Crippen molar-refractivity contribution < 1.29 is 14.6 Å². The Kier molecular flexibility index (Phi) is 4.62. The number of aliphatic hydroxyl groups excluding tert-OH is 1. The molecule has 4 heterocycles. The van der Waals surface area contributed by atoms with Crippen molar-refractivity contribution >= 4 is 10.9 Å². The largest absolute Gasteiger partial charge is 0.497 e. The zero-order valence-electron chi connectivity index (χ0n) is 16.9. The van der Waals surface area contributed by atoms with Gasteiger partial charge in [-0.2, -0.15) is 0 Å². The normalized spacial score (nSPS) is 25.0. The highest BCUT2D eigenvalue weighted by Crippen LogP contribution is 2.46. The summed E-state index contributed by atoms with van der Waals surface area (Å²) in [7, 11) is 3.83. The van der Waals surface area contributed by atoms with Gasteiger partial charge >= 0.3 is 0 Å². The number of ether oxygens (including phenoxy) is 2. The number of aromatic nitrogens is 1. The van der Waals surface area contributed by atoms with Crippen LogP contribution in [0.15, 0.2) is 18.2 Å². The maximum Gasteiger partial charge on any atom is 0.120 e. The van der Waals surface area contributed by atoms with E-state index in [-0.39, 0.29) is 18.1 Å². The average molecular weight is 386 g/mol. The minimum atomic E-state index is -0.00596. The Hall–Kier alpha value is -1.60. The van der Waals surface area contributed by atoms with Gasteiger partial charge in [0.1, 0.15) is 5.75 Å². The second kappa shape index (κ2) is 7.02. The second-order valence-corrected chi connectivity index (χ2v) is 8.82. The van der Waals surface area contributed by atoms with Gasteiger partial charge in [-0.25, -0.2) is 0 Å². The summed E-state index contributed by atoms with van der Waals surface area (Å²) in [5.74, 6) is 1.65. The summed E-state index contributed by atoms with van der Waals surface area (Å²) in [6.45, 7) is 6.25. The molecule has 1 atom stereocenters. The van der Waals surface area contributed by atoms with Crippen LogP contribution in [0.5, 0.6) is 5.75 Å². The lowest BCUT2D eigenvalue weighted by atomic mass is 9.69. The summed E-state index contributed by atoms with van der Waals surface area (Å²) in [6, 6.07) is 6.38. The van der Waals surface area contributed by atoms with Crippen molar-refractivity contribution in [3.63, 3.8) is 0 Å². The quantitative estimate of drug-likeness (QED) is 0.841. The number of hydrogen-bond acceptors (Lipinski definition) is 5. The molecule has 5 rings (SSSR count). The van der Waals surface area contributed by atoms with Crippen molar-refractivity contribution in [2.24, 2.45) is 13.0 Å². The fraction of sp³-hybridized carbons (Fsp3) is 0.636. The average Bonchev–Trinajstić information content (AvgIpc) is 3.01. The molecule has 0 amide bonds. The number of methoxy groups -OCH3 is 1. The Morgan fingerprint density at radius 2 is 2.07 bits per heavy atom. The molecular formula is C22H31N3O3. The number of fused-ring (bicyclic) bond motifs is 4. The predicted molar refractivity (Wildman–Crippen MR) is 109 cm³/mol. The molecule has 2 aromatic rings. The van der Waals surface area contributed by atoms with Crippen molar-refractivity contribution in [2.75, 3.05) is 53.1 Å². The van der Waals surface area contributed by atoms with Gasteiger partial charge in [0.15, 0.2) is 0 Å². The van der Waals surface area contributed by atoms with Gasteiger partial charge in [-0.05, 0) is 36.5 Å². The van der Waals surface area contributed by atoms with Crippen LogP contribution < -0.4 is 10.1 Å². The molecule has 2 fully saturated rings. The van der Waals surface area contributed by atoms with Crippen LogP contribution in [0.25, 0.3) is 10.9 Å². The molecule has 0 saturated carbocycles. The van der Waals surface area contributed by atoms with Crippen LogP contribution in [0.4, 0.5) is 0 Å². The number of aliphatic hydroxyl groups is 1. The van der Waals surface area contributed by atoms with Gasteiger partial charge in [-0.15, -0.1) is 0 Å². The first-order valence-corrected chi connectivity index (χ1v) is 10.5. The number of benzene rings is 1. The Labute approximate surface area is 166 Å². The summed E-state index contributed by atoms with van der Waals surface area (Å²) in [6.07, 6.45) is 2.38. The Bertz CT molecular complexity index is 866. The molecule has 2 N–H and O–H groups in total. The van der Waals surface area contributed by atoms with Crippen molar-refractivity contribution in [2.45, 2.75) is 24.3 Å². The molecule has 152 valence electrons. The number of aryl methyl sites for hydroxylation is 1. The first-order chi connectivity index (χ1) is 13.6. The maximum atomic E-state index is 9.99. The minimum absolute atomic E-state index is 0.00596. The highest BCUT2D eigenvalue weighted by molar-refractivity contribution is 5.89. The van der Waals surface area contributed by atoms with Crippen molar-refractivity contribution in [3.8, 4) is 5.75 Å². The van der Waals surface area contributed by atoms with Gasteiger partial charge in [-0.3, -0.25) is 0 Å². The summed E-state index contributed by atoms with van der Waals surface area (Å²) in [4.78, 5) is 2.61. The van der Waals surface area contributed by atoms with Gasteiger partial charge in [-0.1, -0.05) is 0 Å². The van der Waals surface area contributed by atoms with Gasteiger partial charge in [0.2, 0.25) is 0 Å².